The van der Waals surface area contributed by atoms with Crippen LogP contribution in [0, 0.1) is 5.92 Å². The number of phenols is 2. The molecule has 0 saturated heterocycles. The molecule has 6 atom stereocenters. The highest BCUT2D eigenvalue weighted by Crippen LogP contribution is 2.38. The van der Waals surface area contributed by atoms with E-state index in [1.54, 1.807) is 0 Å². The van der Waals surface area contributed by atoms with Gasteiger partial charge in [-0.05, 0) is 61.6 Å². The number of unbranched alkanes of at least 4 members (excludes halogenated alkanes) is 5. The van der Waals surface area contributed by atoms with E-state index in [1.165, 1.54) is 83.6 Å². The van der Waals surface area contributed by atoms with Crippen molar-refractivity contribution in [3.63, 3.8) is 0 Å². The van der Waals surface area contributed by atoms with Crippen LogP contribution >= 0.6 is 0 Å². The highest BCUT2D eigenvalue weighted by Gasteiger charge is 2.34. The molecule has 3 rings (SSSR count). The van der Waals surface area contributed by atoms with Crippen LogP contribution in [-0.2, 0) is 40.0 Å². The molecule has 2 aromatic carbocycles. The molecular formula is C43H62N6O11. The van der Waals surface area contributed by atoms with Crippen LogP contribution in [0.25, 0.3) is 11.1 Å². The minimum absolute atomic E-state index is 0.0659. The van der Waals surface area contributed by atoms with Crippen molar-refractivity contribution in [2.75, 3.05) is 27.2 Å². The van der Waals surface area contributed by atoms with Crippen molar-refractivity contribution in [2.45, 2.75) is 122 Å². The van der Waals surface area contributed by atoms with Crippen LogP contribution in [0.1, 0.15) is 103 Å². The van der Waals surface area contributed by atoms with Crippen molar-refractivity contribution in [1.82, 2.24) is 31.1 Å². The second-order valence-electron chi connectivity index (χ2n) is 15.7. The third-order valence-electron chi connectivity index (χ3n) is 11.1. The zero-order valence-corrected chi connectivity index (χ0v) is 35.5. The minimum Gasteiger partial charge on any atom is -0.507 e. The summed E-state index contributed by atoms with van der Waals surface area (Å²) in [5.74, 6) is -5.52. The van der Waals surface area contributed by atoms with Gasteiger partial charge in [0, 0.05) is 38.1 Å². The lowest BCUT2D eigenvalue weighted by Crippen LogP contribution is -2.55. The summed E-state index contributed by atoms with van der Waals surface area (Å²) in [6, 6.07) is 1.62. The van der Waals surface area contributed by atoms with Crippen LogP contribution in [0.15, 0.2) is 36.4 Å². The molecule has 60 heavy (non-hydrogen) atoms. The first-order valence-corrected chi connectivity index (χ1v) is 20.6. The van der Waals surface area contributed by atoms with E-state index < -0.39 is 78.9 Å². The number of carboxylic acids is 1. The van der Waals surface area contributed by atoms with Gasteiger partial charge in [-0.2, -0.15) is 0 Å². The Bertz CT molecular complexity index is 1860. The highest BCUT2D eigenvalue weighted by molar-refractivity contribution is 5.96. The number of carboxylic acid groups (broad SMARTS) is 1. The van der Waals surface area contributed by atoms with Gasteiger partial charge < -0.3 is 51.5 Å². The van der Waals surface area contributed by atoms with Gasteiger partial charge in [-0.15, -0.1) is 0 Å². The maximum atomic E-state index is 13.9. The minimum atomic E-state index is -1.47. The van der Waals surface area contributed by atoms with Crippen LogP contribution in [0.4, 0.5) is 0 Å². The number of phenolic OH excluding ortho intramolecular Hbond substituents is 2. The number of carbonyl (C=O) groups is 7. The maximum absolute atomic E-state index is 13.9. The number of aromatic hydroxyl groups is 2. The number of hydrogen-bond donors (Lipinski definition) is 8. The van der Waals surface area contributed by atoms with Crippen molar-refractivity contribution in [2.24, 2.45) is 5.92 Å². The normalized spacial score (nSPS) is 18.1. The number of nitrogens with zero attached hydrogens (tertiary/aromatic N) is 2. The summed E-state index contributed by atoms with van der Waals surface area (Å²) in [4.78, 5) is 93.8. The molecule has 17 nitrogen and oxygen atoms in total. The Labute approximate surface area is 351 Å². The first-order valence-electron chi connectivity index (χ1n) is 20.6. The van der Waals surface area contributed by atoms with Gasteiger partial charge in [0.2, 0.25) is 35.4 Å². The van der Waals surface area contributed by atoms with Crippen LogP contribution in [0.5, 0.6) is 11.5 Å². The summed E-state index contributed by atoms with van der Waals surface area (Å²) >= 11 is 0. The van der Waals surface area contributed by atoms with Gasteiger partial charge in [0.15, 0.2) is 0 Å². The Balaban J connectivity index is 1.68. The summed E-state index contributed by atoms with van der Waals surface area (Å²) in [7, 11) is 2.69. The molecule has 8 N–H and O–H groups in total. The number of benzene rings is 2. The smallest absolute Gasteiger partial charge is 0.326 e. The second kappa shape index (κ2) is 23.2. The van der Waals surface area contributed by atoms with Crippen LogP contribution < -0.4 is 21.3 Å². The zero-order chi connectivity index (χ0) is 44.7. The third-order valence-corrected chi connectivity index (χ3v) is 11.1. The van der Waals surface area contributed by atoms with Gasteiger partial charge in [0.05, 0.1) is 13.2 Å². The standard InChI is InChI=1S/C43H62N6O11/c1-7-25(2)14-12-10-8-9-11-13-15-36(53)48(5)33(24-50)41(57)45-26(3)39(55)44-23-37(54)49(6)38-29-17-19-35(52)31(22-29)30-20-28(16-18-34(30)51)21-32(43(59)60)47-40(56)27(4)46-42(38)58/h16-20,22,25-27,32-33,38,50-52H,7-15,21,23-24H2,1-6H3,(H,44,55)(H,45,57)(H,46,58)(H,47,56)(H,59,60)/t25?,26-,27+,32+,33-,38+/m1/s1. The molecule has 0 spiro atoms. The third kappa shape index (κ3) is 13.7. The monoisotopic (exact) mass is 838 g/mol. The lowest BCUT2D eigenvalue weighted by Gasteiger charge is -2.30. The van der Waals surface area contributed by atoms with Crippen molar-refractivity contribution >= 4 is 41.4 Å². The number of rotatable bonds is 19. The predicted molar refractivity (Wildman–Crippen MR) is 222 cm³/mol. The molecule has 0 saturated carbocycles. The fraction of sp³-hybridized carbons (Fsp3) is 0.558. The Morgan fingerprint density at radius 2 is 1.45 bits per heavy atom. The van der Waals surface area contributed by atoms with Gasteiger partial charge in [-0.25, -0.2) is 4.79 Å². The topological polar surface area (TPSA) is 255 Å². The summed E-state index contributed by atoms with van der Waals surface area (Å²) < 4.78 is 0. The van der Waals surface area contributed by atoms with E-state index in [1.807, 2.05) is 0 Å². The number of fused-ring (bicyclic) bond motifs is 5. The van der Waals surface area contributed by atoms with Gasteiger partial charge in [0.25, 0.3) is 0 Å². The van der Waals surface area contributed by atoms with Crippen molar-refractivity contribution in [3.8, 4) is 22.6 Å². The maximum Gasteiger partial charge on any atom is 0.326 e. The van der Waals surface area contributed by atoms with E-state index in [0.29, 0.717) is 12.0 Å². The SMILES string of the molecule is CCC(C)CCCCCCCCC(=O)N(C)[C@H](CO)C(=O)N[C@H](C)C(=O)NCC(=O)N(C)[C@@H]1C(=O)N[C@@H](C)C(=O)N[C@H](C(=O)O)Cc2ccc(O)c(c2)-c2cc1ccc2O. The summed E-state index contributed by atoms with van der Waals surface area (Å²) in [6.45, 7) is 5.80. The van der Waals surface area contributed by atoms with Crippen LogP contribution in [-0.4, -0.2) is 123 Å². The average Bonchev–Trinajstić information content (AvgIpc) is 3.21. The van der Waals surface area contributed by atoms with Crippen LogP contribution in [0.2, 0.25) is 0 Å². The molecule has 1 aliphatic heterocycles. The molecule has 330 valence electrons. The van der Waals surface area contributed by atoms with E-state index in [2.05, 4.69) is 35.1 Å². The Morgan fingerprint density at radius 1 is 0.833 bits per heavy atom. The molecule has 0 fully saturated rings. The summed E-state index contributed by atoms with van der Waals surface area (Å²) in [6.07, 6.45) is 8.39. The molecular weight excluding hydrogens is 777 g/mol. The number of aliphatic hydroxyl groups is 1. The number of nitrogens with one attached hydrogen (secondary N) is 4. The van der Waals surface area contributed by atoms with Gasteiger partial charge in [0.1, 0.15) is 41.7 Å². The fourth-order valence-corrected chi connectivity index (χ4v) is 6.88. The predicted octanol–water partition coefficient (Wildman–Crippen LogP) is 2.50. The van der Waals surface area contributed by atoms with Gasteiger partial charge in [-0.3, -0.25) is 28.8 Å². The number of amides is 6. The molecule has 1 aliphatic rings. The fourth-order valence-electron chi connectivity index (χ4n) is 6.88. The van der Waals surface area contributed by atoms with Crippen molar-refractivity contribution < 1.29 is 54.0 Å². The van der Waals surface area contributed by atoms with Crippen molar-refractivity contribution in [1.29, 1.82) is 0 Å². The number of likely N-dealkylation sites (N-methyl/N-ethyl adjacent to an activating group) is 2. The zero-order valence-electron chi connectivity index (χ0n) is 35.5. The molecule has 0 aliphatic carbocycles. The quantitative estimate of drug-likeness (QED) is 0.0955. The largest absolute Gasteiger partial charge is 0.507 e. The van der Waals surface area contributed by atoms with Gasteiger partial charge >= 0.3 is 5.97 Å². The Kier molecular flexibility index (Phi) is 18.8. The van der Waals surface area contributed by atoms with Crippen LogP contribution in [0.3, 0.4) is 0 Å². The average molecular weight is 839 g/mol. The van der Waals surface area contributed by atoms with E-state index in [9.17, 15) is 54.0 Å². The first-order chi connectivity index (χ1) is 28.4. The molecule has 2 aromatic rings. The molecule has 0 aromatic heterocycles. The van der Waals surface area contributed by atoms with E-state index in [0.717, 1.165) is 41.4 Å². The first kappa shape index (κ1) is 48.7. The number of hydrogen-bond acceptors (Lipinski definition) is 10. The summed E-state index contributed by atoms with van der Waals surface area (Å²) in [5, 5.41) is 51.2. The highest BCUT2D eigenvalue weighted by atomic mass is 16.4. The van der Waals surface area contributed by atoms with E-state index in [-0.39, 0.29) is 46.9 Å². The number of aliphatic carboxylic acids is 1. The van der Waals surface area contributed by atoms with Gasteiger partial charge in [-0.1, -0.05) is 70.9 Å². The lowest BCUT2D eigenvalue weighted by atomic mass is 9.94. The lowest BCUT2D eigenvalue weighted by molar-refractivity contribution is -0.143. The van der Waals surface area contributed by atoms with Crippen molar-refractivity contribution in [3.05, 3.63) is 47.5 Å². The van der Waals surface area contributed by atoms with E-state index >= 15 is 0 Å². The number of aliphatic hydroxyl groups excluding tert-OH is 1. The number of carbonyl (C=O) groups excluding carboxylic acids is 6. The molecule has 0 radical (unpaired) electrons. The molecule has 4 bridgehead atoms. The Hall–Kier alpha value is -5.71. The molecule has 6 amide bonds. The molecule has 1 heterocycles. The Morgan fingerprint density at radius 3 is 2.08 bits per heavy atom. The van der Waals surface area contributed by atoms with E-state index in [4.69, 9.17) is 0 Å². The molecule has 17 heteroatoms. The summed E-state index contributed by atoms with van der Waals surface area (Å²) in [5.41, 5.74) is 0.723. The second-order valence-corrected chi connectivity index (χ2v) is 15.7. The molecule has 1 unspecified atom stereocenters.